The summed E-state index contributed by atoms with van der Waals surface area (Å²) in [5.41, 5.74) is 0. The lowest BCUT2D eigenvalue weighted by Crippen LogP contribution is -2.37. The highest BCUT2D eigenvalue weighted by atomic mass is 32.2. The lowest BCUT2D eigenvalue weighted by molar-refractivity contribution is 0.0469. The zero-order valence-corrected chi connectivity index (χ0v) is 8.17. The maximum atomic E-state index is 10.5. The molecular formula is C7H15NO3S. The highest BCUT2D eigenvalue weighted by Gasteiger charge is 2.34. The second kappa shape index (κ2) is 3.32. The van der Waals surface area contributed by atoms with Crippen LogP contribution >= 0.6 is 0 Å². The van der Waals surface area contributed by atoms with Crippen molar-refractivity contribution in [3.8, 4) is 0 Å². The SMILES string of the molecule is CC(C)C1CC(OS(N)(=O)=O)C1. The molecule has 0 unspecified atom stereocenters. The number of rotatable bonds is 3. The zero-order valence-electron chi connectivity index (χ0n) is 7.36. The van der Waals surface area contributed by atoms with Gasteiger partial charge in [0.1, 0.15) is 0 Å². The van der Waals surface area contributed by atoms with Gasteiger partial charge in [-0.3, -0.25) is 4.18 Å². The molecule has 0 aromatic carbocycles. The number of hydrogen-bond donors (Lipinski definition) is 1. The van der Waals surface area contributed by atoms with Crippen LogP contribution in [0.25, 0.3) is 0 Å². The van der Waals surface area contributed by atoms with Crippen molar-refractivity contribution in [1.29, 1.82) is 0 Å². The molecule has 1 saturated carbocycles. The Bertz CT molecular complexity index is 241. The van der Waals surface area contributed by atoms with Crippen molar-refractivity contribution in [2.45, 2.75) is 32.8 Å². The minimum atomic E-state index is -3.73. The van der Waals surface area contributed by atoms with Crippen LogP contribution < -0.4 is 5.14 Å². The summed E-state index contributed by atoms with van der Waals surface area (Å²) in [6.45, 7) is 4.25. The molecule has 2 N–H and O–H groups in total. The van der Waals surface area contributed by atoms with Gasteiger partial charge in [0, 0.05) is 0 Å². The predicted molar refractivity (Wildman–Crippen MR) is 45.5 cm³/mol. The molecule has 0 radical (unpaired) electrons. The maximum Gasteiger partial charge on any atom is 0.333 e. The maximum absolute atomic E-state index is 10.5. The molecule has 0 aliphatic heterocycles. The van der Waals surface area contributed by atoms with E-state index in [-0.39, 0.29) is 6.10 Å². The fourth-order valence-corrected chi connectivity index (χ4v) is 1.96. The quantitative estimate of drug-likeness (QED) is 0.715. The van der Waals surface area contributed by atoms with E-state index in [4.69, 9.17) is 5.14 Å². The first-order valence-corrected chi connectivity index (χ1v) is 5.56. The standard InChI is InChI=1S/C7H15NO3S/c1-5(2)6-3-7(4-6)11-12(8,9)10/h5-7H,3-4H2,1-2H3,(H2,8,9,10). The topological polar surface area (TPSA) is 69.4 Å². The van der Waals surface area contributed by atoms with E-state index in [1.54, 1.807) is 0 Å². The van der Waals surface area contributed by atoms with Crippen molar-refractivity contribution in [3.05, 3.63) is 0 Å². The smallest absolute Gasteiger partial charge is 0.255 e. The molecule has 0 saturated heterocycles. The van der Waals surface area contributed by atoms with Gasteiger partial charge >= 0.3 is 10.3 Å². The van der Waals surface area contributed by atoms with Gasteiger partial charge in [-0.25, -0.2) is 5.14 Å². The van der Waals surface area contributed by atoms with Crippen LogP contribution in [-0.2, 0) is 14.5 Å². The molecule has 5 heteroatoms. The second-order valence-corrected chi connectivity index (χ2v) is 4.86. The Morgan fingerprint density at radius 2 is 1.92 bits per heavy atom. The Balaban J connectivity index is 2.27. The van der Waals surface area contributed by atoms with Crippen LogP contribution in [0.4, 0.5) is 0 Å². The first kappa shape index (κ1) is 9.95. The van der Waals surface area contributed by atoms with Crippen LogP contribution in [0.1, 0.15) is 26.7 Å². The Labute approximate surface area is 73.3 Å². The van der Waals surface area contributed by atoms with E-state index in [1.165, 1.54) is 0 Å². The monoisotopic (exact) mass is 193 g/mol. The van der Waals surface area contributed by atoms with E-state index in [0.29, 0.717) is 11.8 Å². The van der Waals surface area contributed by atoms with Crippen LogP contribution in [0.5, 0.6) is 0 Å². The van der Waals surface area contributed by atoms with E-state index >= 15 is 0 Å². The minimum absolute atomic E-state index is 0.174. The molecule has 72 valence electrons. The van der Waals surface area contributed by atoms with E-state index in [2.05, 4.69) is 18.0 Å². The van der Waals surface area contributed by atoms with Crippen molar-refractivity contribution in [2.24, 2.45) is 17.0 Å². The Morgan fingerprint density at radius 3 is 2.25 bits per heavy atom. The summed E-state index contributed by atoms with van der Waals surface area (Å²) in [5, 5.41) is 4.72. The highest BCUT2D eigenvalue weighted by Crippen LogP contribution is 2.35. The average Bonchev–Trinajstić information content (AvgIpc) is 1.74. The van der Waals surface area contributed by atoms with Crippen LogP contribution in [0.2, 0.25) is 0 Å². The van der Waals surface area contributed by atoms with Gasteiger partial charge in [0.05, 0.1) is 6.10 Å². The Morgan fingerprint density at radius 1 is 1.42 bits per heavy atom. The molecule has 0 atom stereocenters. The van der Waals surface area contributed by atoms with Crippen LogP contribution in [0.3, 0.4) is 0 Å². The van der Waals surface area contributed by atoms with Gasteiger partial charge in [-0.1, -0.05) is 13.8 Å². The van der Waals surface area contributed by atoms with Crippen molar-refractivity contribution >= 4 is 10.3 Å². The zero-order chi connectivity index (χ0) is 9.35. The first-order valence-electron chi connectivity index (χ1n) is 4.09. The van der Waals surface area contributed by atoms with E-state index in [0.717, 1.165) is 12.8 Å². The van der Waals surface area contributed by atoms with Crippen molar-refractivity contribution in [2.75, 3.05) is 0 Å². The molecule has 0 amide bonds. The lowest BCUT2D eigenvalue weighted by Gasteiger charge is -2.36. The van der Waals surface area contributed by atoms with Crippen LogP contribution in [-0.4, -0.2) is 14.5 Å². The van der Waals surface area contributed by atoms with Gasteiger partial charge in [-0.2, -0.15) is 8.42 Å². The summed E-state index contributed by atoms with van der Waals surface area (Å²) in [6.07, 6.45) is 1.45. The van der Waals surface area contributed by atoms with Crippen LogP contribution in [0.15, 0.2) is 0 Å². The third-order valence-electron chi connectivity index (χ3n) is 2.34. The predicted octanol–water partition coefficient (Wildman–Crippen LogP) is 0.641. The molecule has 1 aliphatic carbocycles. The Kier molecular flexibility index (Phi) is 2.75. The van der Waals surface area contributed by atoms with Gasteiger partial charge in [-0.15, -0.1) is 0 Å². The molecule has 12 heavy (non-hydrogen) atoms. The molecule has 0 bridgehead atoms. The summed E-state index contributed by atoms with van der Waals surface area (Å²) in [6, 6.07) is 0. The highest BCUT2D eigenvalue weighted by molar-refractivity contribution is 7.84. The van der Waals surface area contributed by atoms with E-state index < -0.39 is 10.3 Å². The summed E-state index contributed by atoms with van der Waals surface area (Å²) in [7, 11) is -3.73. The van der Waals surface area contributed by atoms with Gasteiger partial charge in [0.15, 0.2) is 0 Å². The van der Waals surface area contributed by atoms with Crippen molar-refractivity contribution < 1.29 is 12.6 Å². The van der Waals surface area contributed by atoms with Gasteiger partial charge in [0.2, 0.25) is 0 Å². The first-order chi connectivity index (χ1) is 5.38. The number of nitrogens with two attached hydrogens (primary N) is 1. The summed E-state index contributed by atoms with van der Waals surface area (Å²) < 4.78 is 25.5. The average molecular weight is 193 g/mol. The molecule has 1 aliphatic rings. The van der Waals surface area contributed by atoms with E-state index in [9.17, 15) is 8.42 Å². The lowest BCUT2D eigenvalue weighted by atomic mass is 9.75. The molecule has 0 aromatic heterocycles. The fraction of sp³-hybridized carbons (Fsp3) is 1.00. The third-order valence-corrected chi connectivity index (χ3v) is 2.88. The molecule has 0 aromatic rings. The molecule has 4 nitrogen and oxygen atoms in total. The molecule has 0 spiro atoms. The number of hydrogen-bond acceptors (Lipinski definition) is 3. The van der Waals surface area contributed by atoms with Crippen molar-refractivity contribution in [1.82, 2.24) is 0 Å². The van der Waals surface area contributed by atoms with Crippen molar-refractivity contribution in [3.63, 3.8) is 0 Å². The minimum Gasteiger partial charge on any atom is -0.255 e. The van der Waals surface area contributed by atoms with Gasteiger partial charge < -0.3 is 0 Å². The summed E-state index contributed by atoms with van der Waals surface area (Å²) in [4.78, 5) is 0. The Hall–Kier alpha value is -0.130. The normalized spacial score (nSPS) is 30.3. The third kappa shape index (κ3) is 2.73. The van der Waals surface area contributed by atoms with Gasteiger partial charge in [0.25, 0.3) is 0 Å². The molecule has 0 heterocycles. The second-order valence-electron chi connectivity index (χ2n) is 3.69. The summed E-state index contributed by atoms with van der Waals surface area (Å²) in [5.74, 6) is 1.20. The summed E-state index contributed by atoms with van der Waals surface area (Å²) >= 11 is 0. The largest absolute Gasteiger partial charge is 0.333 e. The van der Waals surface area contributed by atoms with Crippen LogP contribution in [0, 0.1) is 11.8 Å². The van der Waals surface area contributed by atoms with E-state index in [1.807, 2.05) is 0 Å². The fourth-order valence-electron chi connectivity index (χ4n) is 1.42. The van der Waals surface area contributed by atoms with Gasteiger partial charge in [-0.05, 0) is 24.7 Å². The molecule has 1 fully saturated rings. The molecule has 1 rings (SSSR count). The molecular weight excluding hydrogens is 178 g/mol.